The van der Waals surface area contributed by atoms with Crippen LogP contribution < -0.4 is 21.2 Å². The maximum absolute atomic E-state index is 10.5. The van der Waals surface area contributed by atoms with Gasteiger partial charge in [-0.15, -0.1) is 0 Å². The second kappa shape index (κ2) is 9.62. The van der Waals surface area contributed by atoms with Crippen LogP contribution in [0.5, 0.6) is 0 Å². The van der Waals surface area contributed by atoms with Crippen molar-refractivity contribution in [1.29, 1.82) is 5.26 Å². The Kier molecular flexibility index (Phi) is 6.49. The molecule has 0 amide bonds. The molecule has 0 heterocycles. The van der Waals surface area contributed by atoms with Crippen LogP contribution in [0.15, 0.2) is 121 Å². The van der Waals surface area contributed by atoms with Crippen LogP contribution in [0.4, 0.5) is 0 Å². The molecular formula is C26H21NP2. The molecule has 0 N–H and O–H groups in total. The third kappa shape index (κ3) is 4.46. The lowest BCUT2D eigenvalue weighted by molar-refractivity contribution is 1.45. The van der Waals surface area contributed by atoms with Gasteiger partial charge in [-0.2, -0.15) is 5.26 Å². The SMILES string of the molecule is N#CC(P(c1ccccc1)c1ccccc1)P(c1ccccc1)c1ccccc1. The van der Waals surface area contributed by atoms with Gasteiger partial charge in [0.05, 0.1) is 6.07 Å². The summed E-state index contributed by atoms with van der Waals surface area (Å²) in [5, 5.41) is 15.4. The molecule has 0 saturated heterocycles. The highest BCUT2D eigenvalue weighted by atomic mass is 31.2. The van der Waals surface area contributed by atoms with Gasteiger partial charge in [0.25, 0.3) is 0 Å². The number of nitrogens with zero attached hydrogens (tertiary/aromatic N) is 1. The Hall–Kier alpha value is -2.77. The smallest absolute Gasteiger partial charge is 0.102 e. The van der Waals surface area contributed by atoms with E-state index < -0.39 is 15.8 Å². The molecule has 0 aliphatic rings. The summed E-state index contributed by atoms with van der Waals surface area (Å²) >= 11 is 0. The molecule has 4 rings (SSSR count). The molecule has 0 bridgehead atoms. The van der Waals surface area contributed by atoms with E-state index in [-0.39, 0.29) is 5.40 Å². The van der Waals surface area contributed by atoms with E-state index in [1.807, 2.05) is 24.3 Å². The van der Waals surface area contributed by atoms with E-state index >= 15 is 0 Å². The Morgan fingerprint density at radius 1 is 0.448 bits per heavy atom. The van der Waals surface area contributed by atoms with Crippen molar-refractivity contribution in [3.8, 4) is 6.07 Å². The fourth-order valence-electron chi connectivity index (χ4n) is 3.45. The molecule has 0 atom stereocenters. The Labute approximate surface area is 175 Å². The Balaban J connectivity index is 1.90. The average Bonchev–Trinajstić information content (AvgIpc) is 2.81. The summed E-state index contributed by atoms with van der Waals surface area (Å²) < 4.78 is 0. The summed E-state index contributed by atoms with van der Waals surface area (Å²) in [6.45, 7) is 0. The molecule has 4 aromatic carbocycles. The first-order valence-electron chi connectivity index (χ1n) is 9.57. The van der Waals surface area contributed by atoms with Gasteiger partial charge < -0.3 is 0 Å². The molecule has 0 saturated carbocycles. The van der Waals surface area contributed by atoms with E-state index in [0.29, 0.717) is 0 Å². The van der Waals surface area contributed by atoms with E-state index in [9.17, 15) is 5.26 Å². The van der Waals surface area contributed by atoms with Crippen molar-refractivity contribution >= 4 is 37.1 Å². The summed E-state index contributed by atoms with van der Waals surface area (Å²) in [7, 11) is -1.67. The lowest BCUT2D eigenvalue weighted by Gasteiger charge is -2.31. The van der Waals surface area contributed by atoms with Gasteiger partial charge in [-0.05, 0) is 37.1 Å². The fourth-order valence-corrected chi connectivity index (χ4v) is 9.90. The first-order chi connectivity index (χ1) is 14.4. The molecule has 0 aliphatic carbocycles. The van der Waals surface area contributed by atoms with E-state index in [0.717, 1.165) is 0 Å². The summed E-state index contributed by atoms with van der Waals surface area (Å²) in [5.41, 5.74) is 0. The standard InChI is InChI=1S/C26H21NP2/c27-21-26(28(22-13-5-1-6-14-22)23-15-7-2-8-16-23)29(24-17-9-3-10-18-24)25-19-11-4-12-20-25/h1-20,26H. The topological polar surface area (TPSA) is 23.8 Å². The number of hydrogen-bond donors (Lipinski definition) is 0. The summed E-state index contributed by atoms with van der Waals surface area (Å²) in [4.78, 5) is 0. The fraction of sp³-hybridized carbons (Fsp3) is 0.0385. The first-order valence-corrected chi connectivity index (χ1v) is 12.4. The van der Waals surface area contributed by atoms with Crippen LogP contribution >= 0.6 is 15.8 Å². The predicted molar refractivity (Wildman–Crippen MR) is 128 cm³/mol. The lowest BCUT2D eigenvalue weighted by Crippen LogP contribution is -2.26. The quantitative estimate of drug-likeness (QED) is 0.407. The van der Waals surface area contributed by atoms with Crippen molar-refractivity contribution < 1.29 is 0 Å². The van der Waals surface area contributed by atoms with Crippen molar-refractivity contribution in [2.24, 2.45) is 0 Å². The highest BCUT2D eigenvalue weighted by molar-refractivity contribution is 7.90. The van der Waals surface area contributed by atoms with E-state index in [1.165, 1.54) is 21.2 Å². The minimum atomic E-state index is -0.833. The van der Waals surface area contributed by atoms with Gasteiger partial charge in [0.2, 0.25) is 0 Å². The number of hydrogen-bond acceptors (Lipinski definition) is 1. The first kappa shape index (κ1) is 19.5. The minimum absolute atomic E-state index is 0.116. The summed E-state index contributed by atoms with van der Waals surface area (Å²) in [5.74, 6) is 0. The van der Waals surface area contributed by atoms with Gasteiger partial charge in [0.15, 0.2) is 0 Å². The monoisotopic (exact) mass is 409 g/mol. The molecule has 0 fully saturated rings. The van der Waals surface area contributed by atoms with Crippen LogP contribution in [-0.4, -0.2) is 5.40 Å². The molecule has 140 valence electrons. The van der Waals surface area contributed by atoms with Crippen molar-refractivity contribution in [1.82, 2.24) is 0 Å². The van der Waals surface area contributed by atoms with Crippen LogP contribution in [0.25, 0.3) is 0 Å². The zero-order valence-electron chi connectivity index (χ0n) is 16.0. The van der Waals surface area contributed by atoms with E-state index in [4.69, 9.17) is 0 Å². The predicted octanol–water partition coefficient (Wildman–Crippen LogP) is 5.10. The van der Waals surface area contributed by atoms with Crippen molar-refractivity contribution in [2.45, 2.75) is 5.40 Å². The minimum Gasteiger partial charge on any atom is -0.197 e. The molecular weight excluding hydrogens is 388 g/mol. The Bertz CT molecular complexity index is 899. The zero-order chi connectivity index (χ0) is 19.9. The normalized spacial score (nSPS) is 11.0. The molecule has 0 unspecified atom stereocenters. The van der Waals surface area contributed by atoms with Gasteiger partial charge in [-0.1, -0.05) is 121 Å². The summed E-state index contributed by atoms with van der Waals surface area (Å²) in [6.07, 6.45) is 0. The molecule has 3 heteroatoms. The Morgan fingerprint density at radius 3 is 0.897 bits per heavy atom. The van der Waals surface area contributed by atoms with Crippen molar-refractivity contribution in [2.75, 3.05) is 0 Å². The third-order valence-corrected chi connectivity index (χ3v) is 10.8. The second-order valence-corrected chi connectivity index (χ2v) is 11.6. The van der Waals surface area contributed by atoms with Gasteiger partial charge in [0, 0.05) is 0 Å². The summed E-state index contributed by atoms with van der Waals surface area (Å²) in [6, 6.07) is 44.9. The third-order valence-electron chi connectivity index (χ3n) is 4.74. The van der Waals surface area contributed by atoms with Crippen LogP contribution in [-0.2, 0) is 0 Å². The number of rotatable bonds is 6. The largest absolute Gasteiger partial charge is 0.197 e. The molecule has 29 heavy (non-hydrogen) atoms. The number of nitriles is 1. The van der Waals surface area contributed by atoms with Crippen molar-refractivity contribution in [3.63, 3.8) is 0 Å². The van der Waals surface area contributed by atoms with Crippen LogP contribution in [0.1, 0.15) is 0 Å². The highest BCUT2D eigenvalue weighted by Crippen LogP contribution is 2.55. The van der Waals surface area contributed by atoms with E-state index in [2.05, 4.69) is 103 Å². The van der Waals surface area contributed by atoms with Crippen molar-refractivity contribution in [3.05, 3.63) is 121 Å². The maximum Gasteiger partial charge on any atom is 0.102 e. The van der Waals surface area contributed by atoms with Gasteiger partial charge in [-0.25, -0.2) is 0 Å². The second-order valence-electron chi connectivity index (χ2n) is 6.58. The van der Waals surface area contributed by atoms with Crippen LogP contribution in [0.2, 0.25) is 0 Å². The molecule has 1 nitrogen and oxygen atoms in total. The zero-order valence-corrected chi connectivity index (χ0v) is 17.8. The molecule has 0 aromatic heterocycles. The maximum atomic E-state index is 10.5. The van der Waals surface area contributed by atoms with Crippen LogP contribution in [0.3, 0.4) is 0 Å². The molecule has 0 radical (unpaired) electrons. The van der Waals surface area contributed by atoms with Gasteiger partial charge in [0.1, 0.15) is 5.40 Å². The average molecular weight is 409 g/mol. The molecule has 0 spiro atoms. The lowest BCUT2D eigenvalue weighted by atomic mass is 10.4. The molecule has 4 aromatic rings. The Morgan fingerprint density at radius 2 is 0.690 bits per heavy atom. The van der Waals surface area contributed by atoms with Gasteiger partial charge >= 0.3 is 0 Å². The number of benzene rings is 4. The highest BCUT2D eigenvalue weighted by Gasteiger charge is 2.33. The molecule has 0 aliphatic heterocycles. The van der Waals surface area contributed by atoms with Crippen LogP contribution in [0, 0.1) is 11.3 Å². The van der Waals surface area contributed by atoms with Gasteiger partial charge in [-0.3, -0.25) is 0 Å². The van der Waals surface area contributed by atoms with E-state index in [1.54, 1.807) is 0 Å².